The maximum Gasteiger partial charge on any atom is 0.223 e. The van der Waals surface area contributed by atoms with Gasteiger partial charge in [-0.25, -0.2) is 12.7 Å². The van der Waals surface area contributed by atoms with Gasteiger partial charge in [-0.15, -0.1) is 0 Å². The van der Waals surface area contributed by atoms with Crippen molar-refractivity contribution in [3.05, 3.63) is 35.4 Å². The van der Waals surface area contributed by atoms with Gasteiger partial charge in [0.05, 0.1) is 5.75 Å². The van der Waals surface area contributed by atoms with Gasteiger partial charge in [0.25, 0.3) is 0 Å². The summed E-state index contributed by atoms with van der Waals surface area (Å²) in [5.41, 5.74) is 1.89. The first-order valence-corrected chi connectivity index (χ1v) is 11.9. The fourth-order valence-corrected chi connectivity index (χ4v) is 6.77. The highest BCUT2D eigenvalue weighted by molar-refractivity contribution is 7.88. The van der Waals surface area contributed by atoms with Crippen molar-refractivity contribution in [1.29, 1.82) is 0 Å². The second-order valence-electron chi connectivity index (χ2n) is 8.71. The molecule has 148 valence electrons. The Morgan fingerprint density at radius 2 is 1.93 bits per heavy atom. The standard InChI is InChI=1S/C21H30N2O3S/c1-15-3-2-4-17(11-15)14-27(25,26)23-9-7-18(8-10-23)21(24)22-20-13-16-5-6-19(20)12-16/h2-4,11,16,18-20H,5-10,12-14H2,1H3,(H,22,24)/t16-,19+,20-/m0/s1. The molecule has 4 rings (SSSR count). The van der Waals surface area contributed by atoms with Crippen LogP contribution >= 0.6 is 0 Å². The maximum atomic E-state index is 12.7. The summed E-state index contributed by atoms with van der Waals surface area (Å²) >= 11 is 0. The average molecular weight is 391 g/mol. The average Bonchev–Trinajstić information content (AvgIpc) is 3.24. The van der Waals surface area contributed by atoms with Gasteiger partial charge in [0.1, 0.15) is 0 Å². The Balaban J connectivity index is 1.29. The molecular weight excluding hydrogens is 360 g/mol. The minimum Gasteiger partial charge on any atom is -0.353 e. The first-order valence-electron chi connectivity index (χ1n) is 10.2. The van der Waals surface area contributed by atoms with E-state index in [0.717, 1.165) is 23.5 Å². The first kappa shape index (κ1) is 18.9. The van der Waals surface area contributed by atoms with E-state index in [-0.39, 0.29) is 17.6 Å². The summed E-state index contributed by atoms with van der Waals surface area (Å²) < 4.78 is 27.0. The molecular formula is C21H30N2O3S. The third-order valence-corrected chi connectivity index (χ3v) is 8.57. The molecule has 1 heterocycles. The molecule has 0 radical (unpaired) electrons. The molecule has 6 heteroatoms. The molecule has 0 unspecified atom stereocenters. The van der Waals surface area contributed by atoms with Crippen LogP contribution in [-0.2, 0) is 20.6 Å². The lowest BCUT2D eigenvalue weighted by atomic mass is 9.93. The van der Waals surface area contributed by atoms with Crippen LogP contribution in [0.2, 0.25) is 0 Å². The van der Waals surface area contributed by atoms with Crippen molar-refractivity contribution >= 4 is 15.9 Å². The number of amides is 1. The number of sulfonamides is 1. The molecule has 0 spiro atoms. The zero-order valence-electron chi connectivity index (χ0n) is 16.1. The minimum atomic E-state index is -3.33. The molecule has 3 fully saturated rings. The van der Waals surface area contributed by atoms with Gasteiger partial charge in [0, 0.05) is 25.0 Å². The molecule has 1 aromatic rings. The SMILES string of the molecule is Cc1cccc(CS(=O)(=O)N2CCC(C(=O)N[C@H]3C[C@H]4CC[C@@H]3C4)CC2)c1. The smallest absolute Gasteiger partial charge is 0.223 e. The molecule has 3 aliphatic rings. The molecule has 1 aliphatic heterocycles. The van der Waals surface area contributed by atoms with Crippen LogP contribution in [0.15, 0.2) is 24.3 Å². The fraction of sp³-hybridized carbons (Fsp3) is 0.667. The van der Waals surface area contributed by atoms with Gasteiger partial charge >= 0.3 is 0 Å². The van der Waals surface area contributed by atoms with Gasteiger partial charge < -0.3 is 5.32 Å². The minimum absolute atomic E-state index is 0.0384. The first-order chi connectivity index (χ1) is 12.9. The van der Waals surface area contributed by atoms with Crippen LogP contribution in [0.3, 0.4) is 0 Å². The van der Waals surface area contributed by atoms with Crippen molar-refractivity contribution in [2.75, 3.05) is 13.1 Å². The van der Waals surface area contributed by atoms with Crippen molar-refractivity contribution in [1.82, 2.24) is 9.62 Å². The summed E-state index contributed by atoms with van der Waals surface area (Å²) in [6.45, 7) is 2.86. The predicted molar refractivity (Wildman–Crippen MR) is 105 cm³/mol. The number of nitrogens with one attached hydrogen (secondary N) is 1. The van der Waals surface area contributed by atoms with Crippen LogP contribution in [0.4, 0.5) is 0 Å². The van der Waals surface area contributed by atoms with Gasteiger partial charge in [-0.1, -0.05) is 36.2 Å². The molecule has 1 N–H and O–H groups in total. The maximum absolute atomic E-state index is 12.7. The molecule has 27 heavy (non-hydrogen) atoms. The van der Waals surface area contributed by atoms with E-state index in [1.807, 2.05) is 31.2 Å². The van der Waals surface area contributed by atoms with Gasteiger partial charge in [-0.2, -0.15) is 0 Å². The van der Waals surface area contributed by atoms with Crippen molar-refractivity contribution < 1.29 is 13.2 Å². The van der Waals surface area contributed by atoms with E-state index < -0.39 is 10.0 Å². The Morgan fingerprint density at radius 3 is 2.56 bits per heavy atom. The van der Waals surface area contributed by atoms with Crippen molar-refractivity contribution in [3.8, 4) is 0 Å². The summed E-state index contributed by atoms with van der Waals surface area (Å²) in [7, 11) is -3.33. The number of hydrogen-bond donors (Lipinski definition) is 1. The van der Waals surface area contributed by atoms with Gasteiger partial charge in [-0.3, -0.25) is 4.79 Å². The van der Waals surface area contributed by atoms with E-state index in [1.165, 1.54) is 19.3 Å². The molecule has 0 aromatic heterocycles. The molecule has 2 aliphatic carbocycles. The van der Waals surface area contributed by atoms with Crippen LogP contribution in [0.1, 0.15) is 49.7 Å². The Bertz CT molecular complexity index is 799. The van der Waals surface area contributed by atoms with Gasteiger partial charge in [0.15, 0.2) is 0 Å². The highest BCUT2D eigenvalue weighted by Crippen LogP contribution is 2.44. The Labute approximate surface area is 162 Å². The summed E-state index contributed by atoms with van der Waals surface area (Å²) in [6.07, 6.45) is 6.25. The quantitative estimate of drug-likeness (QED) is 0.841. The normalized spacial score (nSPS) is 29.1. The van der Waals surface area contributed by atoms with Crippen LogP contribution in [0.5, 0.6) is 0 Å². The van der Waals surface area contributed by atoms with Crippen molar-refractivity contribution in [2.24, 2.45) is 17.8 Å². The predicted octanol–water partition coefficient (Wildman–Crippen LogP) is 2.84. The molecule has 3 atom stereocenters. The van der Waals surface area contributed by atoms with E-state index >= 15 is 0 Å². The molecule has 1 amide bonds. The number of rotatable bonds is 5. The lowest BCUT2D eigenvalue weighted by Crippen LogP contribution is -2.46. The topological polar surface area (TPSA) is 66.5 Å². The lowest BCUT2D eigenvalue weighted by molar-refractivity contribution is -0.127. The summed E-state index contributed by atoms with van der Waals surface area (Å²) in [5, 5.41) is 3.27. The monoisotopic (exact) mass is 390 g/mol. The van der Waals surface area contributed by atoms with E-state index in [0.29, 0.717) is 37.9 Å². The number of carbonyl (C=O) groups is 1. The second kappa shape index (κ2) is 7.55. The van der Waals surface area contributed by atoms with E-state index in [9.17, 15) is 13.2 Å². The number of hydrogen-bond acceptors (Lipinski definition) is 3. The second-order valence-corrected chi connectivity index (χ2v) is 10.7. The lowest BCUT2D eigenvalue weighted by Gasteiger charge is -2.32. The van der Waals surface area contributed by atoms with Gasteiger partial charge in [-0.05, 0) is 56.4 Å². The number of carbonyl (C=O) groups excluding carboxylic acids is 1. The Morgan fingerprint density at radius 1 is 1.15 bits per heavy atom. The highest BCUT2D eigenvalue weighted by atomic mass is 32.2. The molecule has 5 nitrogen and oxygen atoms in total. The Hall–Kier alpha value is -1.40. The summed E-state index contributed by atoms with van der Waals surface area (Å²) in [6, 6.07) is 8.01. The van der Waals surface area contributed by atoms with Crippen LogP contribution in [-0.4, -0.2) is 37.8 Å². The fourth-order valence-electron chi connectivity index (χ4n) is 5.22. The van der Waals surface area contributed by atoms with Crippen LogP contribution in [0, 0.1) is 24.7 Å². The molecule has 2 bridgehead atoms. The molecule has 1 aromatic carbocycles. The molecule has 2 saturated carbocycles. The third-order valence-electron chi connectivity index (χ3n) is 6.72. The largest absolute Gasteiger partial charge is 0.353 e. The summed E-state index contributed by atoms with van der Waals surface area (Å²) in [4.78, 5) is 12.6. The van der Waals surface area contributed by atoms with Crippen molar-refractivity contribution in [3.63, 3.8) is 0 Å². The van der Waals surface area contributed by atoms with E-state index in [1.54, 1.807) is 4.31 Å². The number of aryl methyl sites for hydroxylation is 1. The summed E-state index contributed by atoms with van der Waals surface area (Å²) in [5.74, 6) is 1.62. The van der Waals surface area contributed by atoms with Gasteiger partial charge in [0.2, 0.25) is 15.9 Å². The highest BCUT2D eigenvalue weighted by Gasteiger charge is 2.41. The van der Waals surface area contributed by atoms with Crippen LogP contribution < -0.4 is 5.32 Å². The Kier molecular flexibility index (Phi) is 5.30. The molecule has 1 saturated heterocycles. The number of nitrogens with zero attached hydrogens (tertiary/aromatic N) is 1. The zero-order valence-corrected chi connectivity index (χ0v) is 16.9. The zero-order chi connectivity index (χ0) is 19.0. The van der Waals surface area contributed by atoms with Crippen molar-refractivity contribution in [2.45, 2.75) is 57.2 Å². The third kappa shape index (κ3) is 4.21. The number of benzene rings is 1. The van der Waals surface area contributed by atoms with Crippen LogP contribution in [0.25, 0.3) is 0 Å². The van der Waals surface area contributed by atoms with E-state index in [2.05, 4.69) is 5.32 Å². The van der Waals surface area contributed by atoms with E-state index in [4.69, 9.17) is 0 Å². The number of piperidine rings is 1. The number of fused-ring (bicyclic) bond motifs is 2.